The van der Waals surface area contributed by atoms with Crippen molar-refractivity contribution in [2.24, 2.45) is 0 Å². The van der Waals surface area contributed by atoms with E-state index in [1.165, 1.54) is 0 Å². The topological polar surface area (TPSA) is 51.8 Å². The molecule has 2 N–H and O–H groups in total. The van der Waals surface area contributed by atoms with Crippen molar-refractivity contribution in [3.8, 4) is 11.4 Å². The van der Waals surface area contributed by atoms with E-state index in [0.717, 1.165) is 18.5 Å². The Hall–Kier alpha value is -1.32. The number of benzene rings is 1. The van der Waals surface area contributed by atoms with Crippen molar-refractivity contribution in [3.05, 3.63) is 40.0 Å². The molecule has 1 saturated carbocycles. The van der Waals surface area contributed by atoms with Crippen molar-refractivity contribution in [3.63, 3.8) is 0 Å². The third-order valence-corrected chi connectivity index (χ3v) is 3.58. The van der Waals surface area contributed by atoms with Gasteiger partial charge in [0.15, 0.2) is 5.82 Å². The van der Waals surface area contributed by atoms with Crippen molar-refractivity contribution in [2.45, 2.75) is 18.8 Å². The van der Waals surface area contributed by atoms with Gasteiger partial charge in [-0.1, -0.05) is 29.3 Å². The lowest BCUT2D eigenvalue weighted by atomic mass is 10.2. The van der Waals surface area contributed by atoms with Crippen LogP contribution in [0.2, 0.25) is 10.0 Å². The van der Waals surface area contributed by atoms with E-state index in [9.17, 15) is 0 Å². The van der Waals surface area contributed by atoms with E-state index in [0.29, 0.717) is 33.2 Å². The molecule has 1 aliphatic carbocycles. The monoisotopic (exact) mass is 279 g/mol. The number of aromatic nitrogens is 2. The van der Waals surface area contributed by atoms with Gasteiger partial charge in [0.05, 0.1) is 15.6 Å². The first kappa shape index (κ1) is 11.8. The Morgan fingerprint density at radius 1 is 1.11 bits per heavy atom. The predicted octanol–water partition coefficient (Wildman–Crippen LogP) is 3.91. The Bertz CT molecular complexity index is 589. The van der Waals surface area contributed by atoms with Gasteiger partial charge >= 0.3 is 0 Å². The van der Waals surface area contributed by atoms with Gasteiger partial charge in [-0.15, -0.1) is 0 Å². The normalized spacial score (nSPS) is 14.8. The molecular weight excluding hydrogens is 269 g/mol. The van der Waals surface area contributed by atoms with Gasteiger partial charge in [0, 0.05) is 17.7 Å². The first-order valence-electron chi connectivity index (χ1n) is 5.74. The number of hydrogen-bond acceptors (Lipinski definition) is 3. The third-order valence-electron chi connectivity index (χ3n) is 2.95. The summed E-state index contributed by atoms with van der Waals surface area (Å²) in [5, 5.41) is 1.07. The molecule has 2 aromatic rings. The number of nitrogen functional groups attached to an aromatic ring is 1. The van der Waals surface area contributed by atoms with Crippen LogP contribution in [-0.2, 0) is 0 Å². The molecule has 0 saturated heterocycles. The molecule has 0 aliphatic heterocycles. The molecule has 0 spiro atoms. The quantitative estimate of drug-likeness (QED) is 0.907. The predicted molar refractivity (Wildman–Crippen MR) is 73.9 cm³/mol. The second kappa shape index (κ2) is 4.41. The van der Waals surface area contributed by atoms with Crippen LogP contribution in [0.25, 0.3) is 11.4 Å². The van der Waals surface area contributed by atoms with Crippen LogP contribution >= 0.6 is 23.2 Å². The van der Waals surface area contributed by atoms with Gasteiger partial charge in [-0.05, 0) is 25.0 Å². The zero-order valence-electron chi connectivity index (χ0n) is 9.53. The van der Waals surface area contributed by atoms with Gasteiger partial charge in [-0.2, -0.15) is 0 Å². The van der Waals surface area contributed by atoms with Gasteiger partial charge < -0.3 is 5.73 Å². The van der Waals surface area contributed by atoms with Crippen LogP contribution in [0.3, 0.4) is 0 Å². The highest BCUT2D eigenvalue weighted by Gasteiger charge is 2.26. The van der Waals surface area contributed by atoms with Crippen molar-refractivity contribution in [1.82, 2.24) is 9.97 Å². The summed E-state index contributed by atoms with van der Waals surface area (Å²) < 4.78 is 0. The largest absolute Gasteiger partial charge is 0.384 e. The Morgan fingerprint density at radius 3 is 2.39 bits per heavy atom. The summed E-state index contributed by atoms with van der Waals surface area (Å²) in [6, 6.07) is 7.16. The Labute approximate surface area is 115 Å². The molecular formula is C13H11Cl2N3. The number of halogens is 2. The van der Waals surface area contributed by atoms with Gasteiger partial charge in [0.2, 0.25) is 0 Å². The van der Waals surface area contributed by atoms with Gasteiger partial charge in [-0.25, -0.2) is 9.97 Å². The van der Waals surface area contributed by atoms with Gasteiger partial charge in [0.25, 0.3) is 0 Å². The smallest absolute Gasteiger partial charge is 0.164 e. The summed E-state index contributed by atoms with van der Waals surface area (Å²) in [5.74, 6) is 1.47. The third kappa shape index (κ3) is 2.16. The highest BCUT2D eigenvalue weighted by Crippen LogP contribution is 2.41. The summed E-state index contributed by atoms with van der Waals surface area (Å²) in [6.45, 7) is 0. The first-order chi connectivity index (χ1) is 8.65. The molecule has 0 unspecified atom stereocenters. The molecule has 0 amide bonds. The number of hydrogen-bond donors (Lipinski definition) is 1. The molecule has 0 bridgehead atoms. The van der Waals surface area contributed by atoms with Crippen molar-refractivity contribution in [1.29, 1.82) is 0 Å². The maximum atomic E-state index is 6.16. The molecule has 1 aromatic heterocycles. The van der Waals surface area contributed by atoms with Crippen LogP contribution in [0.4, 0.5) is 5.82 Å². The number of nitrogens with zero attached hydrogens (tertiary/aromatic N) is 2. The van der Waals surface area contributed by atoms with Crippen LogP contribution in [-0.4, -0.2) is 9.97 Å². The molecule has 1 aromatic carbocycles. The molecule has 3 rings (SSSR count). The summed E-state index contributed by atoms with van der Waals surface area (Å²) in [6.07, 6.45) is 2.32. The zero-order valence-corrected chi connectivity index (χ0v) is 11.0. The Balaban J connectivity index is 2.16. The number of anilines is 1. The standard InChI is InChI=1S/C13H11Cl2N3/c14-8-2-1-3-9(15)12(8)13-17-10(7-4-5-7)6-11(16)18-13/h1-3,6-7H,4-5H2,(H2,16,17,18). The molecule has 3 nitrogen and oxygen atoms in total. The van der Waals surface area contributed by atoms with E-state index >= 15 is 0 Å². The zero-order chi connectivity index (χ0) is 12.7. The van der Waals surface area contributed by atoms with E-state index in [1.54, 1.807) is 18.2 Å². The highest BCUT2D eigenvalue weighted by molar-refractivity contribution is 6.38. The minimum Gasteiger partial charge on any atom is -0.384 e. The van der Waals surface area contributed by atoms with E-state index < -0.39 is 0 Å². The van der Waals surface area contributed by atoms with Gasteiger partial charge in [-0.3, -0.25) is 0 Å². The van der Waals surface area contributed by atoms with Crippen LogP contribution in [0.5, 0.6) is 0 Å². The van der Waals surface area contributed by atoms with Crippen LogP contribution in [0.15, 0.2) is 24.3 Å². The Morgan fingerprint density at radius 2 is 1.78 bits per heavy atom. The first-order valence-corrected chi connectivity index (χ1v) is 6.49. The maximum absolute atomic E-state index is 6.16. The average molecular weight is 280 g/mol. The molecule has 1 fully saturated rings. The van der Waals surface area contributed by atoms with Gasteiger partial charge in [0.1, 0.15) is 5.82 Å². The fraction of sp³-hybridized carbons (Fsp3) is 0.231. The van der Waals surface area contributed by atoms with E-state index in [-0.39, 0.29) is 0 Å². The summed E-state index contributed by atoms with van der Waals surface area (Å²) in [4.78, 5) is 8.76. The molecule has 0 radical (unpaired) electrons. The van der Waals surface area contributed by atoms with E-state index in [1.807, 2.05) is 6.07 Å². The lowest BCUT2D eigenvalue weighted by Gasteiger charge is -2.08. The number of nitrogens with two attached hydrogens (primary N) is 1. The van der Waals surface area contributed by atoms with Crippen LogP contribution in [0.1, 0.15) is 24.5 Å². The fourth-order valence-electron chi connectivity index (χ4n) is 1.90. The lowest BCUT2D eigenvalue weighted by Crippen LogP contribution is -2.00. The summed E-state index contributed by atoms with van der Waals surface area (Å²) >= 11 is 12.3. The number of rotatable bonds is 2. The minimum atomic E-state index is 0.456. The van der Waals surface area contributed by atoms with E-state index in [4.69, 9.17) is 28.9 Å². The highest BCUT2D eigenvalue weighted by atomic mass is 35.5. The molecule has 1 heterocycles. The molecule has 5 heteroatoms. The van der Waals surface area contributed by atoms with Crippen LogP contribution < -0.4 is 5.73 Å². The molecule has 92 valence electrons. The van der Waals surface area contributed by atoms with Crippen LogP contribution in [0, 0.1) is 0 Å². The summed E-state index contributed by atoms with van der Waals surface area (Å²) in [7, 11) is 0. The maximum Gasteiger partial charge on any atom is 0.164 e. The minimum absolute atomic E-state index is 0.456. The van der Waals surface area contributed by atoms with Crippen molar-refractivity contribution in [2.75, 3.05) is 5.73 Å². The second-order valence-electron chi connectivity index (χ2n) is 4.41. The average Bonchev–Trinajstić information content (AvgIpc) is 3.11. The summed E-state index contributed by atoms with van der Waals surface area (Å²) in [5.41, 5.74) is 7.45. The molecule has 1 aliphatic rings. The lowest BCUT2D eigenvalue weighted by molar-refractivity contribution is 0.998. The second-order valence-corrected chi connectivity index (χ2v) is 5.23. The fourth-order valence-corrected chi connectivity index (χ4v) is 2.46. The van der Waals surface area contributed by atoms with E-state index in [2.05, 4.69) is 9.97 Å². The van der Waals surface area contributed by atoms with Crippen molar-refractivity contribution >= 4 is 29.0 Å². The SMILES string of the molecule is Nc1cc(C2CC2)nc(-c2c(Cl)cccc2Cl)n1. The molecule has 0 atom stereocenters. The Kier molecular flexibility index (Phi) is 2.88. The molecule has 18 heavy (non-hydrogen) atoms. The van der Waals surface area contributed by atoms with Crippen molar-refractivity contribution < 1.29 is 0 Å².